The smallest absolute Gasteiger partial charge is 0.275 e. The summed E-state index contributed by atoms with van der Waals surface area (Å²) in [5.41, 5.74) is 4.08. The van der Waals surface area contributed by atoms with Crippen LogP contribution >= 0.6 is 28.1 Å². The van der Waals surface area contributed by atoms with Crippen LogP contribution in [0.25, 0.3) is 0 Å². The lowest BCUT2D eigenvalue weighted by Crippen LogP contribution is -2.57. The number of hydrogen-bond acceptors (Lipinski definition) is 3. The van der Waals surface area contributed by atoms with E-state index < -0.39 is 11.5 Å². The molecule has 1 aromatic rings. The Bertz CT molecular complexity index is 551. The summed E-state index contributed by atoms with van der Waals surface area (Å²) in [7, 11) is 1.65. The van der Waals surface area contributed by atoms with Crippen molar-refractivity contribution in [2.24, 2.45) is 5.92 Å². The maximum absolute atomic E-state index is 12.5. The Balaban J connectivity index is 2.24. The lowest BCUT2D eigenvalue weighted by Gasteiger charge is -2.40. The minimum absolute atomic E-state index is 0.0863. The third kappa shape index (κ3) is 3.36. The van der Waals surface area contributed by atoms with E-state index >= 15 is 0 Å². The number of halogens is 1. The van der Waals surface area contributed by atoms with Crippen LogP contribution in [0.1, 0.15) is 24.8 Å². The molecule has 0 spiro atoms. The quantitative estimate of drug-likeness (QED) is 0.479. The number of rotatable bonds is 3. The molecule has 5 nitrogen and oxygen atoms in total. The molecule has 0 radical (unpaired) electrons. The summed E-state index contributed by atoms with van der Waals surface area (Å²) in [5.74, 6) is -0.584. The first kappa shape index (κ1) is 16.2. The van der Waals surface area contributed by atoms with Gasteiger partial charge in [0.2, 0.25) is 0 Å². The molecule has 1 saturated carbocycles. The lowest BCUT2D eigenvalue weighted by atomic mass is 9.69. The summed E-state index contributed by atoms with van der Waals surface area (Å²) in [6, 6.07) is 7.20. The fraction of sp³-hybridized carbons (Fsp3) is 0.429. The number of aliphatic hydroxyl groups is 1. The highest BCUT2D eigenvalue weighted by atomic mass is 79.9. The molecule has 0 saturated heterocycles. The van der Waals surface area contributed by atoms with E-state index in [-0.39, 0.29) is 11.0 Å². The average Bonchev–Trinajstić information content (AvgIpc) is 2.42. The van der Waals surface area contributed by atoms with Crippen LogP contribution in [0.4, 0.5) is 0 Å². The van der Waals surface area contributed by atoms with Crippen LogP contribution in [0.5, 0.6) is 0 Å². The van der Waals surface area contributed by atoms with Crippen molar-refractivity contribution >= 4 is 39.2 Å². The Kier molecular flexibility index (Phi) is 5.18. The first-order chi connectivity index (χ1) is 9.98. The molecule has 0 heterocycles. The number of carbonyl (C=O) groups excluding carboxylic acids is 1. The minimum Gasteiger partial charge on any atom is -0.375 e. The normalized spacial score (nSPS) is 17.3. The number of hydrazine groups is 1. The van der Waals surface area contributed by atoms with E-state index in [0.29, 0.717) is 5.56 Å². The molecule has 1 fully saturated rings. The topological polar surface area (TPSA) is 73.4 Å². The Hall–Kier alpha value is -1.18. The van der Waals surface area contributed by atoms with Crippen molar-refractivity contribution < 1.29 is 9.90 Å². The second-order valence-corrected chi connectivity index (χ2v) is 6.39. The maximum Gasteiger partial charge on any atom is 0.275 e. The summed E-state index contributed by atoms with van der Waals surface area (Å²) in [6.07, 6.45) is 2.68. The molecular formula is C14H18BrN3O2S. The average molecular weight is 372 g/mol. The highest BCUT2D eigenvalue weighted by molar-refractivity contribution is 9.10. The van der Waals surface area contributed by atoms with Gasteiger partial charge in [-0.05, 0) is 42.8 Å². The first-order valence-electron chi connectivity index (χ1n) is 6.75. The van der Waals surface area contributed by atoms with Gasteiger partial charge in [-0.1, -0.05) is 34.5 Å². The number of thiocarbonyl (C=S) groups is 1. The van der Waals surface area contributed by atoms with Gasteiger partial charge in [0.25, 0.3) is 5.91 Å². The molecule has 7 heteroatoms. The van der Waals surface area contributed by atoms with Crippen LogP contribution in [0.3, 0.4) is 0 Å². The van der Waals surface area contributed by atoms with Crippen LogP contribution in [-0.4, -0.2) is 23.2 Å². The van der Waals surface area contributed by atoms with E-state index in [1.807, 2.05) is 12.1 Å². The van der Waals surface area contributed by atoms with Crippen molar-refractivity contribution in [2.45, 2.75) is 24.9 Å². The van der Waals surface area contributed by atoms with E-state index in [4.69, 9.17) is 12.2 Å². The van der Waals surface area contributed by atoms with Crippen LogP contribution in [-0.2, 0) is 10.4 Å². The van der Waals surface area contributed by atoms with E-state index in [1.165, 1.54) is 0 Å². The van der Waals surface area contributed by atoms with Crippen molar-refractivity contribution in [3.8, 4) is 0 Å². The molecule has 4 N–H and O–H groups in total. The Morgan fingerprint density at radius 2 is 2.14 bits per heavy atom. The van der Waals surface area contributed by atoms with Gasteiger partial charge in [0.15, 0.2) is 10.7 Å². The molecule has 1 aromatic carbocycles. The standard InChI is InChI=1S/C14H18BrN3O2S/c1-16-13(21)18-17-12(19)14(20,9-4-2-5-9)10-6-3-7-11(15)8-10/h3,6-9,20H,2,4-5H2,1H3,(H,17,19)(H2,16,18,21). The van der Waals surface area contributed by atoms with E-state index in [1.54, 1.807) is 19.2 Å². The highest BCUT2D eigenvalue weighted by Crippen LogP contribution is 2.43. The molecule has 1 atom stereocenters. The van der Waals surface area contributed by atoms with Crippen LogP contribution in [0.15, 0.2) is 28.7 Å². The molecule has 1 aliphatic rings. The summed E-state index contributed by atoms with van der Waals surface area (Å²) < 4.78 is 0.823. The predicted molar refractivity (Wildman–Crippen MR) is 88.3 cm³/mol. The molecular weight excluding hydrogens is 354 g/mol. The summed E-state index contributed by atoms with van der Waals surface area (Å²) in [6.45, 7) is 0. The summed E-state index contributed by atoms with van der Waals surface area (Å²) in [4.78, 5) is 12.5. The van der Waals surface area contributed by atoms with Crippen molar-refractivity contribution in [1.29, 1.82) is 0 Å². The molecule has 0 aromatic heterocycles. The third-order valence-corrected chi connectivity index (χ3v) is 4.62. The van der Waals surface area contributed by atoms with E-state index in [0.717, 1.165) is 23.7 Å². The van der Waals surface area contributed by atoms with Gasteiger partial charge in [0.1, 0.15) is 0 Å². The van der Waals surface area contributed by atoms with Gasteiger partial charge in [-0.2, -0.15) is 0 Å². The molecule has 0 aliphatic heterocycles. The van der Waals surface area contributed by atoms with Gasteiger partial charge in [0.05, 0.1) is 0 Å². The molecule has 1 aliphatic carbocycles. The SMILES string of the molecule is CNC(=S)NNC(=O)C(O)(c1cccc(Br)c1)C1CCC1. The third-order valence-electron chi connectivity index (χ3n) is 3.82. The summed E-state index contributed by atoms with van der Waals surface area (Å²) >= 11 is 8.29. The fourth-order valence-corrected chi connectivity index (χ4v) is 2.83. The lowest BCUT2D eigenvalue weighted by molar-refractivity contribution is -0.152. The Morgan fingerprint density at radius 3 is 2.67 bits per heavy atom. The number of benzene rings is 1. The zero-order chi connectivity index (χ0) is 15.5. The Morgan fingerprint density at radius 1 is 1.43 bits per heavy atom. The fourth-order valence-electron chi connectivity index (χ4n) is 2.38. The number of nitrogens with one attached hydrogen (secondary N) is 3. The highest BCUT2D eigenvalue weighted by Gasteiger charge is 2.48. The van der Waals surface area contributed by atoms with Gasteiger partial charge < -0.3 is 10.4 Å². The van der Waals surface area contributed by atoms with Crippen LogP contribution < -0.4 is 16.2 Å². The van der Waals surface area contributed by atoms with E-state index in [9.17, 15) is 9.90 Å². The molecule has 1 unspecified atom stereocenters. The number of hydrogen-bond donors (Lipinski definition) is 4. The molecule has 21 heavy (non-hydrogen) atoms. The molecule has 0 bridgehead atoms. The van der Waals surface area contributed by atoms with Crippen LogP contribution in [0.2, 0.25) is 0 Å². The first-order valence-corrected chi connectivity index (χ1v) is 7.95. The minimum atomic E-state index is -1.56. The van der Waals surface area contributed by atoms with Crippen molar-refractivity contribution in [1.82, 2.24) is 16.2 Å². The zero-order valence-electron chi connectivity index (χ0n) is 11.6. The number of carbonyl (C=O) groups is 1. The van der Waals surface area contributed by atoms with Gasteiger partial charge in [-0.25, -0.2) is 0 Å². The van der Waals surface area contributed by atoms with Gasteiger partial charge in [-0.3, -0.25) is 15.6 Å². The van der Waals surface area contributed by atoms with Crippen molar-refractivity contribution in [3.05, 3.63) is 34.3 Å². The van der Waals surface area contributed by atoms with Crippen LogP contribution in [0, 0.1) is 5.92 Å². The second-order valence-electron chi connectivity index (χ2n) is 5.06. The zero-order valence-corrected chi connectivity index (χ0v) is 14.1. The van der Waals surface area contributed by atoms with Gasteiger partial charge in [-0.15, -0.1) is 0 Å². The van der Waals surface area contributed by atoms with Gasteiger partial charge >= 0.3 is 0 Å². The summed E-state index contributed by atoms with van der Waals surface area (Å²) in [5, 5.41) is 14.0. The van der Waals surface area contributed by atoms with Crippen molar-refractivity contribution in [3.63, 3.8) is 0 Å². The Labute approximate surface area is 137 Å². The molecule has 1 amide bonds. The predicted octanol–water partition coefficient (Wildman–Crippen LogP) is 1.56. The molecule has 114 valence electrons. The number of amides is 1. The van der Waals surface area contributed by atoms with Crippen molar-refractivity contribution in [2.75, 3.05) is 7.05 Å². The monoisotopic (exact) mass is 371 g/mol. The van der Waals surface area contributed by atoms with E-state index in [2.05, 4.69) is 32.1 Å². The molecule has 2 rings (SSSR count). The maximum atomic E-state index is 12.5. The van der Waals surface area contributed by atoms with Gasteiger partial charge in [0, 0.05) is 17.4 Å². The second kappa shape index (κ2) is 6.72. The largest absolute Gasteiger partial charge is 0.375 e.